The molecular weight excluding hydrogens is 312 g/mol. The summed E-state index contributed by atoms with van der Waals surface area (Å²) in [6.45, 7) is 0.285. The third kappa shape index (κ3) is 3.60. The Morgan fingerprint density at radius 1 is 1.48 bits per heavy atom. The summed E-state index contributed by atoms with van der Waals surface area (Å²) in [4.78, 5) is 23.0. The standard InChI is InChI=1S/C11H14N6O2S2/c1-17-7(4-12)15-16-11(17)21-5-8(18)14-10-6(9(13)19)2-3-20-10/h2-3H,4-5,12H2,1H3,(H2,13,19)(H,14,18). The van der Waals surface area contributed by atoms with Crippen LogP contribution >= 0.6 is 23.1 Å². The van der Waals surface area contributed by atoms with Gasteiger partial charge in [-0.25, -0.2) is 0 Å². The molecule has 0 fully saturated rings. The van der Waals surface area contributed by atoms with E-state index in [9.17, 15) is 9.59 Å². The van der Waals surface area contributed by atoms with Crippen LogP contribution in [0, 0.1) is 0 Å². The molecule has 2 heterocycles. The molecule has 0 unspecified atom stereocenters. The molecule has 0 atom stereocenters. The average Bonchev–Trinajstić information content (AvgIpc) is 3.03. The molecule has 0 spiro atoms. The number of amides is 2. The number of carbonyl (C=O) groups excluding carboxylic acids is 2. The summed E-state index contributed by atoms with van der Waals surface area (Å²) in [7, 11) is 1.78. The fraction of sp³-hybridized carbons (Fsp3) is 0.273. The summed E-state index contributed by atoms with van der Waals surface area (Å²) in [5, 5.41) is 13.3. The minimum Gasteiger partial charge on any atom is -0.366 e. The third-order valence-electron chi connectivity index (χ3n) is 2.62. The number of thiophene rings is 1. The second-order valence-corrected chi connectivity index (χ2v) is 5.89. The van der Waals surface area contributed by atoms with Gasteiger partial charge < -0.3 is 21.4 Å². The maximum atomic E-state index is 11.9. The van der Waals surface area contributed by atoms with Crippen molar-refractivity contribution in [2.75, 3.05) is 11.1 Å². The molecule has 8 nitrogen and oxygen atoms in total. The van der Waals surface area contributed by atoms with Gasteiger partial charge in [-0.2, -0.15) is 0 Å². The van der Waals surface area contributed by atoms with Crippen LogP contribution in [-0.4, -0.2) is 32.3 Å². The zero-order chi connectivity index (χ0) is 15.4. The molecule has 21 heavy (non-hydrogen) atoms. The molecule has 0 aromatic carbocycles. The zero-order valence-corrected chi connectivity index (χ0v) is 12.8. The van der Waals surface area contributed by atoms with Crippen LogP contribution in [0.2, 0.25) is 0 Å². The molecule has 0 aliphatic heterocycles. The number of rotatable bonds is 6. The summed E-state index contributed by atoms with van der Waals surface area (Å²) in [6, 6.07) is 1.58. The van der Waals surface area contributed by atoms with E-state index < -0.39 is 5.91 Å². The highest BCUT2D eigenvalue weighted by molar-refractivity contribution is 7.99. The van der Waals surface area contributed by atoms with Gasteiger partial charge >= 0.3 is 0 Å². The Bertz CT molecular complexity index is 665. The van der Waals surface area contributed by atoms with E-state index in [1.807, 2.05) is 0 Å². The predicted molar refractivity (Wildman–Crippen MR) is 81.1 cm³/mol. The van der Waals surface area contributed by atoms with Crippen molar-refractivity contribution < 1.29 is 9.59 Å². The fourth-order valence-electron chi connectivity index (χ4n) is 1.54. The Kier molecular flexibility index (Phi) is 4.94. The van der Waals surface area contributed by atoms with Crippen LogP contribution in [0.5, 0.6) is 0 Å². The van der Waals surface area contributed by atoms with Crippen molar-refractivity contribution in [1.29, 1.82) is 0 Å². The molecule has 0 aliphatic carbocycles. The van der Waals surface area contributed by atoms with Crippen molar-refractivity contribution in [3.05, 3.63) is 22.8 Å². The van der Waals surface area contributed by atoms with E-state index in [2.05, 4.69) is 15.5 Å². The maximum absolute atomic E-state index is 11.9. The van der Waals surface area contributed by atoms with Crippen molar-refractivity contribution in [2.24, 2.45) is 18.5 Å². The summed E-state index contributed by atoms with van der Waals surface area (Å²) < 4.78 is 1.73. The minimum absolute atomic E-state index is 0.145. The number of carbonyl (C=O) groups is 2. The van der Waals surface area contributed by atoms with E-state index in [0.717, 1.165) is 0 Å². The Hall–Kier alpha value is -1.91. The molecule has 5 N–H and O–H groups in total. The lowest BCUT2D eigenvalue weighted by molar-refractivity contribution is -0.113. The quantitative estimate of drug-likeness (QED) is 0.649. The first-order chi connectivity index (χ1) is 10.0. The molecule has 0 saturated carbocycles. The molecule has 0 aliphatic rings. The van der Waals surface area contributed by atoms with Gasteiger partial charge in [-0.1, -0.05) is 11.8 Å². The number of hydrogen-bond donors (Lipinski definition) is 3. The van der Waals surface area contributed by atoms with Gasteiger partial charge in [0.2, 0.25) is 5.91 Å². The highest BCUT2D eigenvalue weighted by Gasteiger charge is 2.14. The highest BCUT2D eigenvalue weighted by atomic mass is 32.2. The predicted octanol–water partition coefficient (Wildman–Crippen LogP) is 0.165. The number of aromatic nitrogens is 3. The summed E-state index contributed by atoms with van der Waals surface area (Å²) in [5.74, 6) is -0.0263. The second kappa shape index (κ2) is 6.70. The number of hydrogen-bond acceptors (Lipinski definition) is 7. The van der Waals surface area contributed by atoms with Crippen molar-refractivity contribution in [2.45, 2.75) is 11.7 Å². The molecule has 2 aromatic heterocycles. The highest BCUT2D eigenvalue weighted by Crippen LogP contribution is 2.23. The molecule has 2 amide bonds. The Labute approximate surface area is 128 Å². The number of nitrogens with one attached hydrogen (secondary N) is 1. The van der Waals surface area contributed by atoms with Gasteiger partial charge in [0.15, 0.2) is 5.16 Å². The largest absolute Gasteiger partial charge is 0.366 e. The van der Waals surface area contributed by atoms with E-state index in [0.29, 0.717) is 21.5 Å². The Morgan fingerprint density at radius 2 is 2.24 bits per heavy atom. The number of nitrogens with zero attached hydrogens (tertiary/aromatic N) is 3. The summed E-state index contributed by atoms with van der Waals surface area (Å²) >= 11 is 2.48. The van der Waals surface area contributed by atoms with Crippen LogP contribution in [-0.2, 0) is 18.4 Å². The normalized spacial score (nSPS) is 10.6. The average molecular weight is 326 g/mol. The van der Waals surface area contributed by atoms with Gasteiger partial charge in [0.1, 0.15) is 10.8 Å². The first kappa shape index (κ1) is 15.5. The molecule has 0 bridgehead atoms. The topological polar surface area (TPSA) is 129 Å². The van der Waals surface area contributed by atoms with E-state index in [4.69, 9.17) is 11.5 Å². The van der Waals surface area contributed by atoms with Gasteiger partial charge in [0.25, 0.3) is 5.91 Å². The molecular formula is C11H14N6O2S2. The van der Waals surface area contributed by atoms with Crippen LogP contribution in [0.4, 0.5) is 5.00 Å². The molecule has 2 rings (SSSR count). The first-order valence-corrected chi connectivity index (χ1v) is 7.77. The second-order valence-electron chi connectivity index (χ2n) is 4.03. The monoisotopic (exact) mass is 326 g/mol. The van der Waals surface area contributed by atoms with E-state index >= 15 is 0 Å². The third-order valence-corrected chi connectivity index (χ3v) is 4.47. The van der Waals surface area contributed by atoms with E-state index in [-0.39, 0.29) is 18.2 Å². The number of thioether (sulfide) groups is 1. The zero-order valence-electron chi connectivity index (χ0n) is 11.2. The molecule has 0 saturated heterocycles. The SMILES string of the molecule is Cn1c(CN)nnc1SCC(=O)Nc1sccc1C(N)=O. The van der Waals surface area contributed by atoms with Gasteiger partial charge in [-0.05, 0) is 11.4 Å². The number of primary amides is 1. The van der Waals surface area contributed by atoms with Crippen molar-refractivity contribution in [3.63, 3.8) is 0 Å². The molecule has 0 radical (unpaired) electrons. The van der Waals surface area contributed by atoms with Crippen molar-refractivity contribution >= 4 is 39.9 Å². The molecule has 112 valence electrons. The van der Waals surface area contributed by atoms with Crippen LogP contribution in [0.25, 0.3) is 0 Å². The van der Waals surface area contributed by atoms with Crippen LogP contribution in [0.1, 0.15) is 16.2 Å². The Balaban J connectivity index is 1.94. The smallest absolute Gasteiger partial charge is 0.251 e. The maximum Gasteiger partial charge on any atom is 0.251 e. The first-order valence-electron chi connectivity index (χ1n) is 5.91. The van der Waals surface area contributed by atoms with E-state index in [1.165, 1.54) is 23.1 Å². The van der Waals surface area contributed by atoms with Crippen molar-refractivity contribution in [3.8, 4) is 0 Å². The summed E-state index contributed by atoms with van der Waals surface area (Å²) in [5.41, 5.74) is 11.0. The Morgan fingerprint density at radius 3 is 2.86 bits per heavy atom. The van der Waals surface area contributed by atoms with Crippen LogP contribution in [0.15, 0.2) is 16.6 Å². The van der Waals surface area contributed by atoms with Crippen LogP contribution < -0.4 is 16.8 Å². The lowest BCUT2D eigenvalue weighted by atomic mass is 10.3. The lowest BCUT2D eigenvalue weighted by Gasteiger charge is -2.04. The van der Waals surface area contributed by atoms with Gasteiger partial charge in [-0.3, -0.25) is 9.59 Å². The lowest BCUT2D eigenvalue weighted by Crippen LogP contribution is -2.18. The van der Waals surface area contributed by atoms with Crippen LogP contribution in [0.3, 0.4) is 0 Å². The number of nitrogens with two attached hydrogens (primary N) is 2. The van der Waals surface area contributed by atoms with E-state index in [1.54, 1.807) is 23.1 Å². The van der Waals surface area contributed by atoms with Crippen molar-refractivity contribution in [1.82, 2.24) is 14.8 Å². The van der Waals surface area contributed by atoms with Gasteiger partial charge in [0, 0.05) is 7.05 Å². The summed E-state index contributed by atoms with van der Waals surface area (Å²) in [6.07, 6.45) is 0. The minimum atomic E-state index is -0.569. The molecule has 2 aromatic rings. The fourth-order valence-corrected chi connectivity index (χ4v) is 3.08. The van der Waals surface area contributed by atoms with Gasteiger partial charge in [0.05, 0.1) is 17.9 Å². The number of anilines is 1. The molecule has 10 heteroatoms. The van der Waals surface area contributed by atoms with Gasteiger partial charge in [-0.15, -0.1) is 21.5 Å².